The molecule has 9 heteroatoms. The van der Waals surface area contributed by atoms with Gasteiger partial charge in [0.05, 0.1) is 0 Å². The van der Waals surface area contributed by atoms with E-state index >= 15 is 0 Å². The van der Waals surface area contributed by atoms with Gasteiger partial charge in [0.2, 0.25) is 0 Å². The SMILES string of the molecule is O=C(O)N1CCN(C(=O)OCOC(F)F)CC1. The second-order valence-electron chi connectivity index (χ2n) is 3.21. The van der Waals surface area contributed by atoms with Crippen molar-refractivity contribution in [3.05, 3.63) is 0 Å². The predicted octanol–water partition coefficient (Wildman–Crippen LogP) is 0.615. The minimum absolute atomic E-state index is 0.166. The van der Waals surface area contributed by atoms with Gasteiger partial charge >= 0.3 is 18.8 Å². The monoisotopic (exact) mass is 254 g/mol. The van der Waals surface area contributed by atoms with Gasteiger partial charge in [0.25, 0.3) is 0 Å². The van der Waals surface area contributed by atoms with E-state index < -0.39 is 25.6 Å². The summed E-state index contributed by atoms with van der Waals surface area (Å²) in [6.07, 6.45) is -1.85. The maximum Gasteiger partial charge on any atom is 0.412 e. The molecule has 1 N–H and O–H groups in total. The van der Waals surface area contributed by atoms with Crippen molar-refractivity contribution < 1.29 is 33.0 Å². The van der Waals surface area contributed by atoms with Gasteiger partial charge in [0.15, 0.2) is 6.79 Å². The molecule has 0 aromatic carbocycles. The fourth-order valence-electron chi connectivity index (χ4n) is 1.31. The first-order chi connectivity index (χ1) is 8.00. The van der Waals surface area contributed by atoms with Crippen molar-refractivity contribution in [1.82, 2.24) is 9.80 Å². The molecule has 2 amide bonds. The molecule has 17 heavy (non-hydrogen) atoms. The third-order valence-electron chi connectivity index (χ3n) is 2.18. The van der Waals surface area contributed by atoms with E-state index in [4.69, 9.17) is 5.11 Å². The number of amides is 2. The number of carboxylic acid groups (broad SMARTS) is 1. The summed E-state index contributed by atoms with van der Waals surface area (Å²) in [5, 5.41) is 8.65. The van der Waals surface area contributed by atoms with Gasteiger partial charge in [-0.2, -0.15) is 8.78 Å². The van der Waals surface area contributed by atoms with Crippen LogP contribution in [0, 0.1) is 0 Å². The Morgan fingerprint density at radius 3 is 2.18 bits per heavy atom. The van der Waals surface area contributed by atoms with Crippen molar-refractivity contribution in [3.63, 3.8) is 0 Å². The molecule has 0 atom stereocenters. The highest BCUT2D eigenvalue weighted by atomic mass is 19.3. The Morgan fingerprint density at radius 1 is 1.18 bits per heavy atom. The fraction of sp³-hybridized carbons (Fsp3) is 0.750. The number of nitrogens with zero attached hydrogens (tertiary/aromatic N) is 2. The second-order valence-corrected chi connectivity index (χ2v) is 3.21. The second kappa shape index (κ2) is 6.18. The number of carbonyl (C=O) groups excluding carboxylic acids is 1. The smallest absolute Gasteiger partial charge is 0.412 e. The Bertz CT molecular complexity index is 281. The average Bonchev–Trinajstić information content (AvgIpc) is 2.28. The highest BCUT2D eigenvalue weighted by molar-refractivity contribution is 5.69. The summed E-state index contributed by atoms with van der Waals surface area (Å²) < 4.78 is 31.3. The van der Waals surface area contributed by atoms with Crippen molar-refractivity contribution in [2.24, 2.45) is 0 Å². The van der Waals surface area contributed by atoms with E-state index in [0.717, 1.165) is 4.90 Å². The molecule has 0 aromatic heterocycles. The van der Waals surface area contributed by atoms with Crippen LogP contribution in [0.5, 0.6) is 0 Å². The molecular weight excluding hydrogens is 242 g/mol. The van der Waals surface area contributed by atoms with E-state index in [2.05, 4.69) is 9.47 Å². The molecule has 0 bridgehead atoms. The van der Waals surface area contributed by atoms with E-state index in [0.29, 0.717) is 0 Å². The van der Waals surface area contributed by atoms with E-state index in [9.17, 15) is 18.4 Å². The maximum absolute atomic E-state index is 11.6. The van der Waals surface area contributed by atoms with Crippen molar-refractivity contribution >= 4 is 12.2 Å². The van der Waals surface area contributed by atoms with Crippen LogP contribution in [-0.4, -0.2) is 66.7 Å². The summed E-state index contributed by atoms with van der Waals surface area (Å²) in [5.41, 5.74) is 0. The van der Waals surface area contributed by atoms with Crippen molar-refractivity contribution in [2.45, 2.75) is 6.61 Å². The molecule has 7 nitrogen and oxygen atoms in total. The molecule has 0 aromatic rings. The number of carbonyl (C=O) groups is 2. The van der Waals surface area contributed by atoms with E-state index in [1.54, 1.807) is 0 Å². The molecule has 1 aliphatic heterocycles. The predicted molar refractivity (Wildman–Crippen MR) is 49.6 cm³/mol. The molecule has 1 fully saturated rings. The Balaban J connectivity index is 2.24. The van der Waals surface area contributed by atoms with E-state index in [-0.39, 0.29) is 26.2 Å². The molecule has 1 rings (SSSR count). The Morgan fingerprint density at radius 2 is 1.71 bits per heavy atom. The normalized spacial score (nSPS) is 16.2. The van der Waals surface area contributed by atoms with Gasteiger partial charge in [0, 0.05) is 26.2 Å². The quantitative estimate of drug-likeness (QED) is 0.747. The molecule has 0 radical (unpaired) electrons. The van der Waals surface area contributed by atoms with Crippen LogP contribution in [0.3, 0.4) is 0 Å². The van der Waals surface area contributed by atoms with Crippen LogP contribution in [0.2, 0.25) is 0 Å². The van der Waals surface area contributed by atoms with Crippen LogP contribution in [0.1, 0.15) is 0 Å². The van der Waals surface area contributed by atoms with E-state index in [1.165, 1.54) is 4.90 Å². The number of hydrogen-bond donors (Lipinski definition) is 1. The van der Waals surface area contributed by atoms with Crippen LogP contribution >= 0.6 is 0 Å². The van der Waals surface area contributed by atoms with Crippen LogP contribution in [-0.2, 0) is 9.47 Å². The molecule has 1 aliphatic rings. The number of hydrogen-bond acceptors (Lipinski definition) is 4. The summed E-state index contributed by atoms with van der Waals surface area (Å²) in [5.74, 6) is 0. The highest BCUT2D eigenvalue weighted by Crippen LogP contribution is 2.04. The summed E-state index contributed by atoms with van der Waals surface area (Å²) >= 11 is 0. The topological polar surface area (TPSA) is 79.3 Å². The third kappa shape index (κ3) is 4.39. The van der Waals surface area contributed by atoms with Crippen LogP contribution < -0.4 is 0 Å². The summed E-state index contributed by atoms with van der Waals surface area (Å²) in [7, 11) is 0. The molecule has 1 heterocycles. The number of ether oxygens (including phenoxy) is 2. The largest absolute Gasteiger partial charge is 0.465 e. The number of alkyl halides is 2. The van der Waals surface area contributed by atoms with Gasteiger partial charge in [-0.05, 0) is 0 Å². The standard InChI is InChI=1S/C8H12F2N2O5/c9-6(10)16-5-17-8(15)12-3-1-11(2-4-12)7(13)14/h6H,1-5H2,(H,13,14). The summed E-state index contributed by atoms with van der Waals surface area (Å²) in [4.78, 5) is 24.2. The van der Waals surface area contributed by atoms with Crippen molar-refractivity contribution in [1.29, 1.82) is 0 Å². The lowest BCUT2D eigenvalue weighted by Gasteiger charge is -2.32. The number of rotatable bonds is 3. The maximum atomic E-state index is 11.6. The minimum Gasteiger partial charge on any atom is -0.465 e. The molecular formula is C8H12F2N2O5. The molecule has 98 valence electrons. The number of piperazine rings is 1. The van der Waals surface area contributed by atoms with Crippen molar-refractivity contribution in [3.8, 4) is 0 Å². The first kappa shape index (κ1) is 13.4. The van der Waals surface area contributed by atoms with Crippen LogP contribution in [0.25, 0.3) is 0 Å². The Labute approximate surface area is 95.5 Å². The highest BCUT2D eigenvalue weighted by Gasteiger charge is 2.24. The van der Waals surface area contributed by atoms with Gasteiger partial charge in [-0.3, -0.25) is 4.74 Å². The zero-order chi connectivity index (χ0) is 12.8. The fourth-order valence-corrected chi connectivity index (χ4v) is 1.31. The lowest BCUT2D eigenvalue weighted by molar-refractivity contribution is -0.177. The van der Waals surface area contributed by atoms with Gasteiger partial charge in [-0.1, -0.05) is 0 Å². The van der Waals surface area contributed by atoms with Crippen LogP contribution in [0.15, 0.2) is 0 Å². The first-order valence-electron chi connectivity index (χ1n) is 4.80. The molecule has 0 spiro atoms. The Kier molecular flexibility index (Phi) is 4.88. The van der Waals surface area contributed by atoms with Gasteiger partial charge < -0.3 is 19.6 Å². The summed E-state index contributed by atoms with van der Waals surface area (Å²) in [6, 6.07) is 0. The molecule has 1 saturated heterocycles. The third-order valence-corrected chi connectivity index (χ3v) is 2.18. The lowest BCUT2D eigenvalue weighted by Crippen LogP contribution is -2.50. The lowest BCUT2D eigenvalue weighted by atomic mass is 10.3. The van der Waals surface area contributed by atoms with Gasteiger partial charge in [0.1, 0.15) is 0 Å². The van der Waals surface area contributed by atoms with Crippen LogP contribution in [0.4, 0.5) is 18.4 Å². The van der Waals surface area contributed by atoms with E-state index in [1.807, 2.05) is 0 Å². The minimum atomic E-state index is -2.99. The van der Waals surface area contributed by atoms with Crippen molar-refractivity contribution in [2.75, 3.05) is 33.0 Å². The van der Waals surface area contributed by atoms with Gasteiger partial charge in [-0.15, -0.1) is 0 Å². The number of halogens is 2. The molecule has 0 unspecified atom stereocenters. The summed E-state index contributed by atoms with van der Waals surface area (Å²) in [6.45, 7) is -3.15. The first-order valence-corrected chi connectivity index (χ1v) is 4.80. The molecule has 0 saturated carbocycles. The zero-order valence-electron chi connectivity index (χ0n) is 8.84. The Hall–Kier alpha value is -1.64. The zero-order valence-corrected chi connectivity index (χ0v) is 8.84. The molecule has 0 aliphatic carbocycles. The average molecular weight is 254 g/mol. The van der Waals surface area contributed by atoms with Gasteiger partial charge in [-0.25, -0.2) is 9.59 Å².